The van der Waals surface area contributed by atoms with E-state index in [-0.39, 0.29) is 0 Å². The van der Waals surface area contributed by atoms with Gasteiger partial charge in [-0.3, -0.25) is 4.90 Å². The Morgan fingerprint density at radius 3 is 2.55 bits per heavy atom. The molecule has 3 nitrogen and oxygen atoms in total. The van der Waals surface area contributed by atoms with E-state index < -0.39 is 0 Å². The molecule has 0 aromatic heterocycles. The van der Waals surface area contributed by atoms with Gasteiger partial charge in [0.25, 0.3) is 0 Å². The van der Waals surface area contributed by atoms with Gasteiger partial charge in [0.1, 0.15) is 0 Å². The summed E-state index contributed by atoms with van der Waals surface area (Å²) in [4.78, 5) is 2.78. The lowest BCUT2D eigenvalue weighted by atomic mass is 9.79. The van der Waals surface area contributed by atoms with Crippen molar-refractivity contribution < 1.29 is 4.74 Å². The summed E-state index contributed by atoms with van der Waals surface area (Å²) in [6.07, 6.45) is 9.73. The second-order valence-corrected chi connectivity index (χ2v) is 6.66. The zero-order valence-corrected chi connectivity index (χ0v) is 13.7. The predicted molar refractivity (Wildman–Crippen MR) is 85.1 cm³/mol. The fourth-order valence-electron chi connectivity index (χ4n) is 3.99. The van der Waals surface area contributed by atoms with Gasteiger partial charge in [-0.15, -0.1) is 0 Å². The zero-order valence-electron chi connectivity index (χ0n) is 13.7. The molecule has 0 heterocycles. The van der Waals surface area contributed by atoms with Gasteiger partial charge in [-0.05, 0) is 44.6 Å². The fourth-order valence-corrected chi connectivity index (χ4v) is 3.99. The van der Waals surface area contributed by atoms with Gasteiger partial charge >= 0.3 is 0 Å². The Morgan fingerprint density at radius 1 is 1.15 bits per heavy atom. The van der Waals surface area contributed by atoms with Crippen molar-refractivity contribution >= 4 is 0 Å². The first-order chi connectivity index (χ1) is 9.80. The first kappa shape index (κ1) is 16.3. The molecule has 118 valence electrons. The van der Waals surface area contributed by atoms with Gasteiger partial charge in [0.2, 0.25) is 0 Å². The van der Waals surface area contributed by atoms with E-state index in [1.54, 1.807) is 0 Å². The van der Waals surface area contributed by atoms with Gasteiger partial charge in [0, 0.05) is 31.8 Å². The van der Waals surface area contributed by atoms with E-state index in [0.29, 0.717) is 6.04 Å². The first-order valence-electron chi connectivity index (χ1n) is 8.78. The molecule has 0 amide bonds. The van der Waals surface area contributed by atoms with Gasteiger partial charge in [-0.25, -0.2) is 0 Å². The van der Waals surface area contributed by atoms with Crippen LogP contribution in [0.4, 0.5) is 0 Å². The Bertz CT molecular complexity index is 268. The molecule has 0 saturated heterocycles. The molecule has 0 radical (unpaired) electrons. The molecule has 2 aliphatic rings. The fraction of sp³-hybridized carbons (Fsp3) is 1.00. The van der Waals surface area contributed by atoms with Crippen LogP contribution < -0.4 is 5.32 Å². The van der Waals surface area contributed by atoms with E-state index in [0.717, 1.165) is 37.7 Å². The molecule has 20 heavy (non-hydrogen) atoms. The predicted octanol–water partition coefficient (Wildman–Crippen LogP) is 3.04. The highest BCUT2D eigenvalue weighted by Gasteiger charge is 2.39. The van der Waals surface area contributed by atoms with Gasteiger partial charge in [-0.2, -0.15) is 0 Å². The van der Waals surface area contributed by atoms with Crippen LogP contribution in [0.2, 0.25) is 0 Å². The summed E-state index contributed by atoms with van der Waals surface area (Å²) in [6.45, 7) is 7.67. The lowest BCUT2D eigenvalue weighted by molar-refractivity contribution is 0.0608. The SMILES string of the molecule is CCCC1CCC(NCC)C(N(CCOC)C2CC2)C1. The van der Waals surface area contributed by atoms with Crippen LogP contribution >= 0.6 is 0 Å². The lowest BCUT2D eigenvalue weighted by Gasteiger charge is -2.43. The van der Waals surface area contributed by atoms with Crippen molar-refractivity contribution in [2.24, 2.45) is 5.92 Å². The normalized spacial score (nSPS) is 30.9. The van der Waals surface area contributed by atoms with E-state index in [9.17, 15) is 0 Å². The number of nitrogens with zero attached hydrogens (tertiary/aromatic N) is 1. The molecule has 2 saturated carbocycles. The minimum absolute atomic E-state index is 0.700. The summed E-state index contributed by atoms with van der Waals surface area (Å²) < 4.78 is 5.35. The van der Waals surface area contributed by atoms with E-state index in [4.69, 9.17) is 4.74 Å². The molecule has 0 aliphatic heterocycles. The summed E-state index contributed by atoms with van der Waals surface area (Å²) in [5, 5.41) is 3.75. The van der Waals surface area contributed by atoms with E-state index >= 15 is 0 Å². The van der Waals surface area contributed by atoms with Gasteiger partial charge < -0.3 is 10.1 Å². The number of methoxy groups -OCH3 is 1. The van der Waals surface area contributed by atoms with Crippen molar-refractivity contribution in [2.75, 3.05) is 26.8 Å². The maximum absolute atomic E-state index is 5.35. The molecule has 2 fully saturated rings. The average molecular weight is 282 g/mol. The minimum atomic E-state index is 0.700. The van der Waals surface area contributed by atoms with Gasteiger partial charge in [0.05, 0.1) is 6.61 Å². The number of ether oxygens (including phenoxy) is 1. The third kappa shape index (κ3) is 4.44. The quantitative estimate of drug-likeness (QED) is 0.703. The number of rotatable bonds is 9. The van der Waals surface area contributed by atoms with Crippen LogP contribution in [0.3, 0.4) is 0 Å². The number of hydrogen-bond acceptors (Lipinski definition) is 3. The monoisotopic (exact) mass is 282 g/mol. The number of likely N-dealkylation sites (N-methyl/N-ethyl adjacent to an activating group) is 1. The second kappa shape index (κ2) is 8.35. The molecule has 3 unspecified atom stereocenters. The Labute approximate surface area is 125 Å². The van der Waals surface area contributed by atoms with Crippen LogP contribution in [-0.4, -0.2) is 49.8 Å². The van der Waals surface area contributed by atoms with Crippen LogP contribution in [0, 0.1) is 5.92 Å². The van der Waals surface area contributed by atoms with Crippen molar-refractivity contribution in [3.05, 3.63) is 0 Å². The molecule has 2 aliphatic carbocycles. The third-order valence-electron chi connectivity index (χ3n) is 5.08. The van der Waals surface area contributed by atoms with Crippen LogP contribution in [0.1, 0.15) is 58.8 Å². The number of nitrogens with one attached hydrogen (secondary N) is 1. The van der Waals surface area contributed by atoms with Crippen molar-refractivity contribution in [1.29, 1.82) is 0 Å². The summed E-state index contributed by atoms with van der Waals surface area (Å²) in [6, 6.07) is 2.28. The molecule has 3 heteroatoms. The molecule has 0 aromatic carbocycles. The maximum Gasteiger partial charge on any atom is 0.0589 e. The van der Waals surface area contributed by atoms with Crippen molar-refractivity contribution in [3.8, 4) is 0 Å². The van der Waals surface area contributed by atoms with E-state index in [1.165, 1.54) is 44.9 Å². The van der Waals surface area contributed by atoms with Crippen LogP contribution in [-0.2, 0) is 4.74 Å². The summed E-state index contributed by atoms with van der Waals surface area (Å²) >= 11 is 0. The summed E-state index contributed by atoms with van der Waals surface area (Å²) in [5.74, 6) is 0.948. The molecule has 0 bridgehead atoms. The molecule has 1 N–H and O–H groups in total. The van der Waals surface area contributed by atoms with Crippen molar-refractivity contribution in [1.82, 2.24) is 10.2 Å². The Hall–Kier alpha value is -0.120. The van der Waals surface area contributed by atoms with Crippen LogP contribution in [0.15, 0.2) is 0 Å². The van der Waals surface area contributed by atoms with Gasteiger partial charge in [0.15, 0.2) is 0 Å². The lowest BCUT2D eigenvalue weighted by Crippen LogP contribution is -2.54. The second-order valence-electron chi connectivity index (χ2n) is 6.66. The largest absolute Gasteiger partial charge is 0.383 e. The van der Waals surface area contributed by atoms with E-state index in [2.05, 4.69) is 24.1 Å². The molecule has 0 spiro atoms. The molecular formula is C17H34N2O. The first-order valence-corrected chi connectivity index (χ1v) is 8.78. The topological polar surface area (TPSA) is 24.5 Å². The third-order valence-corrected chi connectivity index (χ3v) is 5.08. The molecule has 3 atom stereocenters. The van der Waals surface area contributed by atoms with E-state index in [1.807, 2.05) is 7.11 Å². The Balaban J connectivity index is 1.99. The highest BCUT2D eigenvalue weighted by molar-refractivity contribution is 4.97. The molecule has 0 aromatic rings. The standard InChI is InChI=1S/C17H34N2O/c1-4-6-14-7-10-16(18-5-2)17(13-14)19(11-12-20-3)15-8-9-15/h14-18H,4-13H2,1-3H3. The summed E-state index contributed by atoms with van der Waals surface area (Å²) in [7, 11) is 1.83. The highest BCUT2D eigenvalue weighted by Crippen LogP contribution is 2.36. The van der Waals surface area contributed by atoms with Gasteiger partial charge in [-0.1, -0.05) is 26.7 Å². The Kier molecular flexibility index (Phi) is 6.79. The number of hydrogen-bond donors (Lipinski definition) is 1. The highest BCUT2D eigenvalue weighted by atomic mass is 16.5. The van der Waals surface area contributed by atoms with Crippen LogP contribution in [0.5, 0.6) is 0 Å². The summed E-state index contributed by atoms with van der Waals surface area (Å²) in [5.41, 5.74) is 0. The maximum atomic E-state index is 5.35. The molecule has 2 rings (SSSR count). The Morgan fingerprint density at radius 2 is 1.95 bits per heavy atom. The van der Waals surface area contributed by atoms with Crippen molar-refractivity contribution in [2.45, 2.75) is 76.9 Å². The van der Waals surface area contributed by atoms with Crippen LogP contribution in [0.25, 0.3) is 0 Å². The smallest absolute Gasteiger partial charge is 0.0589 e. The van der Waals surface area contributed by atoms with Crippen molar-refractivity contribution in [3.63, 3.8) is 0 Å². The average Bonchev–Trinajstić information content (AvgIpc) is 3.27. The minimum Gasteiger partial charge on any atom is -0.383 e. The molecular weight excluding hydrogens is 248 g/mol. The zero-order chi connectivity index (χ0) is 14.4.